The van der Waals surface area contributed by atoms with Crippen LogP contribution in [0.1, 0.15) is 27.7 Å². The van der Waals surface area contributed by atoms with E-state index in [9.17, 15) is 24.8 Å². The van der Waals surface area contributed by atoms with Crippen LogP contribution in [0.2, 0.25) is 0 Å². The number of aliphatic hydroxyl groups is 1. The molecule has 0 unspecified atom stereocenters. The number of aromatic nitrogens is 2. The lowest BCUT2D eigenvalue weighted by Crippen LogP contribution is -2.29. The maximum atomic E-state index is 13.0. The number of hydrogen-bond acceptors (Lipinski definition) is 8. The number of Topliss-reactive ketones (excluding diaryl/α,β-unsaturated/α-hetero) is 1. The van der Waals surface area contributed by atoms with Gasteiger partial charge >= 0.3 is 5.91 Å². The van der Waals surface area contributed by atoms with E-state index in [1.165, 1.54) is 29.2 Å². The third kappa shape index (κ3) is 3.57. The summed E-state index contributed by atoms with van der Waals surface area (Å²) in [6, 6.07) is 11.3. The van der Waals surface area contributed by atoms with Crippen LogP contribution < -0.4 is 4.90 Å². The molecule has 156 valence electrons. The molecule has 1 amide bonds. The minimum Gasteiger partial charge on any atom is -0.507 e. The zero-order valence-electron chi connectivity index (χ0n) is 16.5. The van der Waals surface area contributed by atoms with Gasteiger partial charge in [-0.25, -0.2) is 0 Å². The average molecular weight is 436 g/mol. The number of rotatable bonds is 4. The van der Waals surface area contributed by atoms with E-state index in [1.54, 1.807) is 31.2 Å². The Hall–Kier alpha value is -3.92. The van der Waals surface area contributed by atoms with E-state index in [0.29, 0.717) is 16.1 Å². The highest BCUT2D eigenvalue weighted by Gasteiger charge is 2.48. The second-order valence-corrected chi connectivity index (χ2v) is 8.15. The lowest BCUT2D eigenvalue weighted by molar-refractivity contribution is -0.384. The van der Waals surface area contributed by atoms with E-state index >= 15 is 0 Å². The van der Waals surface area contributed by atoms with Gasteiger partial charge in [-0.3, -0.25) is 24.6 Å². The van der Waals surface area contributed by atoms with Gasteiger partial charge in [0.2, 0.25) is 5.13 Å². The summed E-state index contributed by atoms with van der Waals surface area (Å²) in [6.45, 7) is 3.60. The Labute approximate surface area is 180 Å². The van der Waals surface area contributed by atoms with Gasteiger partial charge in [0.15, 0.2) is 0 Å². The van der Waals surface area contributed by atoms with Gasteiger partial charge in [-0.2, -0.15) is 0 Å². The lowest BCUT2D eigenvalue weighted by atomic mass is 9.95. The Morgan fingerprint density at radius 3 is 2.26 bits per heavy atom. The van der Waals surface area contributed by atoms with Crippen molar-refractivity contribution in [1.29, 1.82) is 0 Å². The molecule has 1 aliphatic rings. The van der Waals surface area contributed by atoms with Gasteiger partial charge in [-0.15, -0.1) is 10.2 Å². The van der Waals surface area contributed by atoms with E-state index in [2.05, 4.69) is 10.2 Å². The number of nitro benzene ring substituents is 1. The third-order valence-corrected chi connectivity index (χ3v) is 5.75. The van der Waals surface area contributed by atoms with Gasteiger partial charge in [-0.05, 0) is 31.5 Å². The van der Waals surface area contributed by atoms with Gasteiger partial charge < -0.3 is 5.11 Å². The average Bonchev–Trinajstić information content (AvgIpc) is 3.29. The standard InChI is InChI=1S/C21H16N4O5S/c1-11-3-5-14(6-4-11)18(26)16-17(13-7-9-15(10-8-13)25(29)30)24(20(28)19(16)27)21-23-22-12(2)31-21/h3-10,17,26H,1-2H3/b18-16+/t17-/m1/s1. The fourth-order valence-electron chi connectivity index (χ4n) is 3.37. The summed E-state index contributed by atoms with van der Waals surface area (Å²) >= 11 is 1.13. The Morgan fingerprint density at radius 1 is 1.06 bits per heavy atom. The third-order valence-electron chi connectivity index (χ3n) is 4.91. The molecule has 0 aliphatic carbocycles. The molecule has 1 N–H and O–H groups in total. The lowest BCUT2D eigenvalue weighted by Gasteiger charge is -2.22. The molecule has 1 atom stereocenters. The van der Waals surface area contributed by atoms with E-state index in [1.807, 2.05) is 6.92 Å². The molecule has 1 aliphatic heterocycles. The first-order valence-corrected chi connectivity index (χ1v) is 10.0. The number of non-ortho nitro benzene ring substituents is 1. The number of hydrogen-bond donors (Lipinski definition) is 1. The molecule has 9 nitrogen and oxygen atoms in total. The van der Waals surface area contributed by atoms with Crippen LogP contribution in [0.5, 0.6) is 0 Å². The van der Waals surface area contributed by atoms with Gasteiger partial charge in [0.05, 0.1) is 16.5 Å². The van der Waals surface area contributed by atoms with E-state index in [0.717, 1.165) is 16.9 Å². The molecule has 0 spiro atoms. The first-order valence-electron chi connectivity index (χ1n) is 9.20. The zero-order valence-corrected chi connectivity index (χ0v) is 17.3. The summed E-state index contributed by atoms with van der Waals surface area (Å²) in [5.41, 5.74) is 1.52. The van der Waals surface area contributed by atoms with Crippen molar-refractivity contribution in [2.24, 2.45) is 0 Å². The minimum atomic E-state index is -1.01. The zero-order chi connectivity index (χ0) is 22.3. The molecular weight excluding hydrogens is 420 g/mol. The quantitative estimate of drug-likeness (QED) is 0.217. The molecule has 3 aromatic rings. The summed E-state index contributed by atoms with van der Waals surface area (Å²) in [5.74, 6) is -2.05. The van der Waals surface area contributed by atoms with Crippen LogP contribution >= 0.6 is 11.3 Å². The monoisotopic (exact) mass is 436 g/mol. The van der Waals surface area contributed by atoms with Crippen LogP contribution in [-0.4, -0.2) is 31.9 Å². The number of ketones is 1. The van der Waals surface area contributed by atoms with Crippen molar-refractivity contribution in [1.82, 2.24) is 10.2 Å². The normalized spacial score (nSPS) is 17.9. The molecule has 2 aromatic carbocycles. The number of benzene rings is 2. The van der Waals surface area contributed by atoms with Gasteiger partial charge in [-0.1, -0.05) is 41.2 Å². The molecule has 1 saturated heterocycles. The van der Waals surface area contributed by atoms with Gasteiger partial charge in [0, 0.05) is 17.7 Å². The molecule has 0 saturated carbocycles. The number of anilines is 1. The molecular formula is C21H16N4O5S. The van der Waals surface area contributed by atoms with E-state index < -0.39 is 22.7 Å². The van der Waals surface area contributed by atoms with Gasteiger partial charge in [0.1, 0.15) is 10.8 Å². The number of nitrogens with zero attached hydrogens (tertiary/aromatic N) is 4. The topological polar surface area (TPSA) is 127 Å². The highest BCUT2D eigenvalue weighted by Crippen LogP contribution is 2.43. The number of carbonyl (C=O) groups is 2. The van der Waals surface area contributed by atoms with Crippen molar-refractivity contribution in [3.05, 3.63) is 85.9 Å². The van der Waals surface area contributed by atoms with Crippen LogP contribution in [0.15, 0.2) is 54.1 Å². The van der Waals surface area contributed by atoms with E-state index in [-0.39, 0.29) is 22.2 Å². The summed E-state index contributed by atoms with van der Waals surface area (Å²) in [5, 5.41) is 30.7. The molecule has 0 radical (unpaired) electrons. The predicted molar refractivity (Wildman–Crippen MR) is 114 cm³/mol. The van der Waals surface area contributed by atoms with Crippen molar-refractivity contribution in [3.8, 4) is 0 Å². The van der Waals surface area contributed by atoms with Crippen LogP contribution in [-0.2, 0) is 9.59 Å². The highest BCUT2D eigenvalue weighted by atomic mass is 32.1. The molecule has 0 bridgehead atoms. The van der Waals surface area contributed by atoms with Crippen LogP contribution in [0.4, 0.5) is 10.8 Å². The second kappa shape index (κ2) is 7.73. The van der Waals surface area contributed by atoms with Crippen molar-refractivity contribution < 1.29 is 19.6 Å². The van der Waals surface area contributed by atoms with Gasteiger partial charge in [0.25, 0.3) is 11.5 Å². The Bertz CT molecular complexity index is 1230. The second-order valence-electron chi connectivity index (χ2n) is 6.99. The fraction of sp³-hybridized carbons (Fsp3) is 0.143. The van der Waals surface area contributed by atoms with Crippen LogP contribution in [0.3, 0.4) is 0 Å². The van der Waals surface area contributed by atoms with Crippen molar-refractivity contribution >= 4 is 39.6 Å². The molecule has 10 heteroatoms. The molecule has 1 aromatic heterocycles. The molecule has 4 rings (SSSR count). The smallest absolute Gasteiger partial charge is 0.301 e. The number of amides is 1. The van der Waals surface area contributed by atoms with Crippen LogP contribution in [0, 0.1) is 24.0 Å². The molecule has 2 heterocycles. The molecule has 1 fully saturated rings. The Balaban J connectivity index is 1.92. The molecule has 31 heavy (non-hydrogen) atoms. The van der Waals surface area contributed by atoms with Crippen LogP contribution in [0.25, 0.3) is 5.76 Å². The Morgan fingerprint density at radius 2 is 1.71 bits per heavy atom. The summed E-state index contributed by atoms with van der Waals surface area (Å²) in [7, 11) is 0. The summed E-state index contributed by atoms with van der Waals surface area (Å²) in [6.07, 6.45) is 0. The van der Waals surface area contributed by atoms with Crippen molar-refractivity contribution in [2.75, 3.05) is 4.90 Å². The fourth-order valence-corrected chi connectivity index (χ4v) is 4.09. The highest BCUT2D eigenvalue weighted by molar-refractivity contribution is 7.15. The van der Waals surface area contributed by atoms with Crippen molar-refractivity contribution in [3.63, 3.8) is 0 Å². The largest absolute Gasteiger partial charge is 0.507 e. The number of nitro groups is 1. The van der Waals surface area contributed by atoms with Crippen molar-refractivity contribution in [2.45, 2.75) is 19.9 Å². The Kier molecular flexibility index (Phi) is 5.07. The first kappa shape index (κ1) is 20.4. The predicted octanol–water partition coefficient (Wildman–Crippen LogP) is 3.69. The number of aryl methyl sites for hydroxylation is 2. The summed E-state index contributed by atoms with van der Waals surface area (Å²) in [4.78, 5) is 37.6. The summed E-state index contributed by atoms with van der Waals surface area (Å²) < 4.78 is 0. The number of carbonyl (C=O) groups excluding carboxylic acids is 2. The van der Waals surface area contributed by atoms with E-state index in [4.69, 9.17) is 0 Å². The number of aliphatic hydroxyl groups excluding tert-OH is 1. The maximum Gasteiger partial charge on any atom is 0.301 e. The maximum absolute atomic E-state index is 13.0. The SMILES string of the molecule is Cc1ccc(/C(O)=C2\C(=O)C(=O)N(c3nnc(C)s3)[C@@H]2c2ccc([N+](=O)[O-])cc2)cc1. The first-order chi connectivity index (χ1) is 14.8. The minimum absolute atomic E-state index is 0.115.